The van der Waals surface area contributed by atoms with E-state index in [1.54, 1.807) is 25.3 Å². The lowest BCUT2D eigenvalue weighted by Crippen LogP contribution is -2.57. The standard InChI is InChI=1S/C22H21F3N4O3S/c1-11-4-5-14(19(31)29(11)10-22(23,24)25)27-18(30)15-7-12-8-21(9-16(12)33-15)13-3-2-6-26-17(13)28-20(21)32/h2-3,6-7,11,14H,4-5,8-10H2,1H3,(H,27,30)(H,26,28,32)/t11-,14+,21-/m1/s1. The molecular formula is C22H21F3N4O3S. The zero-order valence-corrected chi connectivity index (χ0v) is 18.5. The van der Waals surface area contributed by atoms with Gasteiger partial charge in [0.25, 0.3) is 5.91 Å². The van der Waals surface area contributed by atoms with Crippen molar-refractivity contribution in [1.82, 2.24) is 15.2 Å². The van der Waals surface area contributed by atoms with Gasteiger partial charge < -0.3 is 15.5 Å². The van der Waals surface area contributed by atoms with Crippen LogP contribution in [0.5, 0.6) is 0 Å². The first-order chi connectivity index (χ1) is 15.6. The lowest BCUT2D eigenvalue weighted by Gasteiger charge is -2.38. The summed E-state index contributed by atoms with van der Waals surface area (Å²) in [6.45, 7) is 0.251. The maximum atomic E-state index is 12.9. The van der Waals surface area contributed by atoms with Crippen molar-refractivity contribution in [3.63, 3.8) is 0 Å². The average molecular weight is 478 g/mol. The topological polar surface area (TPSA) is 91.4 Å². The molecule has 0 unspecified atom stereocenters. The number of thiophene rings is 1. The fraction of sp³-hybridized carbons (Fsp3) is 0.455. The van der Waals surface area contributed by atoms with Crippen LogP contribution in [0.15, 0.2) is 24.4 Å². The molecule has 2 aromatic heterocycles. The Bertz CT molecular complexity index is 1140. The second-order valence-corrected chi connectivity index (χ2v) is 10.0. The molecule has 7 nitrogen and oxygen atoms in total. The number of aromatic nitrogens is 1. The second-order valence-electron chi connectivity index (χ2n) is 8.88. The van der Waals surface area contributed by atoms with Crippen LogP contribution in [-0.2, 0) is 27.8 Å². The number of carbonyl (C=O) groups excluding carboxylic acids is 3. The number of halogens is 3. The largest absolute Gasteiger partial charge is 0.406 e. The molecule has 3 amide bonds. The number of likely N-dealkylation sites (tertiary alicyclic amines) is 1. The number of piperidine rings is 1. The van der Waals surface area contributed by atoms with E-state index in [-0.39, 0.29) is 12.3 Å². The quantitative estimate of drug-likeness (QED) is 0.710. The summed E-state index contributed by atoms with van der Waals surface area (Å²) in [7, 11) is 0. The fourth-order valence-corrected chi connectivity index (χ4v) is 6.22. The van der Waals surface area contributed by atoms with E-state index in [0.717, 1.165) is 20.9 Å². The van der Waals surface area contributed by atoms with E-state index in [2.05, 4.69) is 15.6 Å². The van der Waals surface area contributed by atoms with Gasteiger partial charge in [0.05, 0.1) is 10.3 Å². The molecule has 0 radical (unpaired) electrons. The maximum absolute atomic E-state index is 12.9. The summed E-state index contributed by atoms with van der Waals surface area (Å²) >= 11 is 1.25. The van der Waals surface area contributed by atoms with Crippen LogP contribution in [0.2, 0.25) is 0 Å². The van der Waals surface area contributed by atoms with Crippen LogP contribution in [0, 0.1) is 0 Å². The van der Waals surface area contributed by atoms with Gasteiger partial charge in [0.1, 0.15) is 18.4 Å². The average Bonchev–Trinajstić information content (AvgIpc) is 3.38. The maximum Gasteiger partial charge on any atom is 0.406 e. The molecule has 0 saturated carbocycles. The Morgan fingerprint density at radius 3 is 2.85 bits per heavy atom. The second kappa shape index (κ2) is 7.54. The Morgan fingerprint density at radius 1 is 1.33 bits per heavy atom. The number of hydrogen-bond donors (Lipinski definition) is 2. The van der Waals surface area contributed by atoms with Crippen LogP contribution in [0.3, 0.4) is 0 Å². The van der Waals surface area contributed by atoms with Crippen molar-refractivity contribution >= 4 is 34.9 Å². The van der Waals surface area contributed by atoms with Crippen molar-refractivity contribution in [2.75, 3.05) is 11.9 Å². The van der Waals surface area contributed by atoms with Gasteiger partial charge in [-0.3, -0.25) is 14.4 Å². The Hall–Kier alpha value is -2.95. The van der Waals surface area contributed by atoms with Gasteiger partial charge in [-0.05, 0) is 43.9 Å². The van der Waals surface area contributed by atoms with Crippen LogP contribution in [0.1, 0.15) is 45.4 Å². The van der Waals surface area contributed by atoms with Crippen LogP contribution in [0.4, 0.5) is 19.0 Å². The van der Waals surface area contributed by atoms with Crippen LogP contribution in [0.25, 0.3) is 0 Å². The van der Waals surface area contributed by atoms with Crippen molar-refractivity contribution in [3.05, 3.63) is 45.3 Å². The Balaban J connectivity index is 1.30. The van der Waals surface area contributed by atoms with Crippen molar-refractivity contribution < 1.29 is 27.6 Å². The van der Waals surface area contributed by atoms with E-state index in [4.69, 9.17) is 0 Å². The smallest absolute Gasteiger partial charge is 0.340 e. The lowest BCUT2D eigenvalue weighted by molar-refractivity contribution is -0.169. The summed E-state index contributed by atoms with van der Waals surface area (Å²) in [5, 5.41) is 5.45. The van der Waals surface area contributed by atoms with Gasteiger partial charge in [-0.2, -0.15) is 13.2 Å². The zero-order chi connectivity index (χ0) is 23.5. The van der Waals surface area contributed by atoms with Crippen molar-refractivity contribution in [3.8, 4) is 0 Å². The molecule has 1 spiro atoms. The van der Waals surface area contributed by atoms with E-state index >= 15 is 0 Å². The molecule has 33 heavy (non-hydrogen) atoms. The molecule has 1 fully saturated rings. The van der Waals surface area contributed by atoms with Gasteiger partial charge in [0, 0.05) is 29.1 Å². The molecule has 2 aromatic rings. The molecule has 0 aromatic carbocycles. The minimum atomic E-state index is -4.50. The van der Waals surface area contributed by atoms with Gasteiger partial charge in [0.15, 0.2) is 0 Å². The third kappa shape index (κ3) is 3.68. The van der Waals surface area contributed by atoms with Crippen LogP contribution in [-0.4, -0.2) is 52.4 Å². The van der Waals surface area contributed by atoms with E-state index in [1.165, 1.54) is 11.3 Å². The van der Waals surface area contributed by atoms with Gasteiger partial charge in [-0.25, -0.2) is 4.98 Å². The number of carbonyl (C=O) groups is 3. The molecular weight excluding hydrogens is 457 g/mol. The number of hydrogen-bond acceptors (Lipinski definition) is 5. The number of pyridine rings is 1. The summed E-state index contributed by atoms with van der Waals surface area (Å²) in [5.41, 5.74) is 1.00. The normalized spacial score (nSPS) is 26.4. The summed E-state index contributed by atoms with van der Waals surface area (Å²) in [4.78, 5) is 44.5. The first-order valence-electron chi connectivity index (χ1n) is 10.6. The van der Waals surface area contributed by atoms with E-state index in [1.807, 2.05) is 6.07 Å². The monoisotopic (exact) mass is 478 g/mol. The number of anilines is 1. The first-order valence-corrected chi connectivity index (χ1v) is 11.5. The number of alkyl halides is 3. The lowest BCUT2D eigenvalue weighted by atomic mass is 9.80. The minimum absolute atomic E-state index is 0.114. The van der Waals surface area contributed by atoms with Gasteiger partial charge >= 0.3 is 6.18 Å². The number of rotatable bonds is 3. The highest BCUT2D eigenvalue weighted by atomic mass is 32.1. The zero-order valence-electron chi connectivity index (χ0n) is 17.7. The third-order valence-electron chi connectivity index (χ3n) is 6.71. The highest BCUT2D eigenvalue weighted by molar-refractivity contribution is 7.14. The Kier molecular flexibility index (Phi) is 5.00. The fourth-order valence-electron chi connectivity index (χ4n) is 5.03. The molecule has 1 saturated heterocycles. The molecule has 2 aliphatic heterocycles. The van der Waals surface area contributed by atoms with E-state index < -0.39 is 42.0 Å². The summed E-state index contributed by atoms with van der Waals surface area (Å²) in [6, 6.07) is 3.86. The minimum Gasteiger partial charge on any atom is -0.340 e. The van der Waals surface area contributed by atoms with Crippen LogP contribution < -0.4 is 10.6 Å². The molecule has 174 valence electrons. The Labute approximate surface area is 191 Å². The van der Waals surface area contributed by atoms with E-state index in [9.17, 15) is 27.6 Å². The Morgan fingerprint density at radius 2 is 2.12 bits per heavy atom. The van der Waals surface area contributed by atoms with Crippen molar-refractivity contribution in [2.24, 2.45) is 0 Å². The number of nitrogens with zero attached hydrogens (tertiary/aromatic N) is 2. The van der Waals surface area contributed by atoms with Gasteiger partial charge in [-0.15, -0.1) is 11.3 Å². The van der Waals surface area contributed by atoms with Crippen molar-refractivity contribution in [1.29, 1.82) is 0 Å². The van der Waals surface area contributed by atoms with Crippen LogP contribution >= 0.6 is 11.3 Å². The highest BCUT2D eigenvalue weighted by Gasteiger charge is 2.52. The third-order valence-corrected chi connectivity index (χ3v) is 7.88. The number of amides is 3. The van der Waals surface area contributed by atoms with Gasteiger partial charge in [0.2, 0.25) is 11.8 Å². The first kappa shape index (κ1) is 21.9. The molecule has 5 rings (SSSR count). The molecule has 11 heteroatoms. The van der Waals surface area contributed by atoms with Gasteiger partial charge in [-0.1, -0.05) is 6.07 Å². The SMILES string of the molecule is C[C@@H]1CC[C@H](NC(=O)c2cc3c(s2)C[C@@]2(C3)C(=O)Nc3ncccc32)C(=O)N1CC(F)(F)F. The molecule has 1 aliphatic carbocycles. The molecule has 2 N–H and O–H groups in total. The summed E-state index contributed by atoms with van der Waals surface area (Å²) in [5.74, 6) is -0.753. The molecule has 3 aliphatic rings. The number of fused-ring (bicyclic) bond motifs is 3. The molecule has 0 bridgehead atoms. The molecule has 4 heterocycles. The summed E-state index contributed by atoms with van der Waals surface area (Å²) in [6.07, 6.45) is -1.33. The molecule has 3 atom stereocenters. The predicted molar refractivity (Wildman–Crippen MR) is 114 cm³/mol. The summed E-state index contributed by atoms with van der Waals surface area (Å²) < 4.78 is 38.6. The highest BCUT2D eigenvalue weighted by Crippen LogP contribution is 2.48. The van der Waals surface area contributed by atoms with Crippen molar-refractivity contribution in [2.45, 2.75) is 56.3 Å². The predicted octanol–water partition coefficient (Wildman–Crippen LogP) is 2.80. The number of nitrogens with one attached hydrogen (secondary N) is 2. The van der Waals surface area contributed by atoms with E-state index in [0.29, 0.717) is 30.0 Å².